The second-order valence-corrected chi connectivity index (χ2v) is 4.17. The van der Waals surface area contributed by atoms with Crippen molar-refractivity contribution in [2.45, 2.75) is 31.4 Å². The van der Waals surface area contributed by atoms with Gasteiger partial charge in [-0.2, -0.15) is 0 Å². The number of hydrogen-bond donors (Lipinski definition) is 1. The summed E-state index contributed by atoms with van der Waals surface area (Å²) in [5, 5.41) is 0. The molecule has 0 bridgehead atoms. The zero-order valence-corrected chi connectivity index (χ0v) is 10.1. The van der Waals surface area contributed by atoms with E-state index >= 15 is 0 Å². The molecule has 1 fully saturated rings. The lowest BCUT2D eigenvalue weighted by atomic mass is 10.1. The van der Waals surface area contributed by atoms with Gasteiger partial charge < -0.3 is 20.1 Å². The monoisotopic (exact) mass is 230 g/mol. The van der Waals surface area contributed by atoms with Crippen LogP contribution in [-0.2, 0) is 14.3 Å². The molecular formula is C11H22N2O3. The van der Waals surface area contributed by atoms with Crippen LogP contribution in [0.2, 0.25) is 0 Å². The fourth-order valence-electron chi connectivity index (χ4n) is 1.93. The fourth-order valence-corrected chi connectivity index (χ4v) is 1.93. The molecule has 0 aliphatic carbocycles. The molecule has 0 aromatic heterocycles. The standard InChI is InChI=1S/C11H22N2O3/c1-15-7-3-4-10(12)11(14)13-6-5-9(8-13)16-2/h9-10H,3-8,12H2,1-2H3. The van der Waals surface area contributed by atoms with Crippen LogP contribution in [0.25, 0.3) is 0 Å². The summed E-state index contributed by atoms with van der Waals surface area (Å²) >= 11 is 0. The van der Waals surface area contributed by atoms with Gasteiger partial charge in [-0.1, -0.05) is 0 Å². The lowest BCUT2D eigenvalue weighted by Gasteiger charge is -2.20. The topological polar surface area (TPSA) is 64.8 Å². The summed E-state index contributed by atoms with van der Waals surface area (Å²) < 4.78 is 10.1. The van der Waals surface area contributed by atoms with Crippen LogP contribution in [0.15, 0.2) is 0 Å². The summed E-state index contributed by atoms with van der Waals surface area (Å²) in [6.45, 7) is 2.09. The summed E-state index contributed by atoms with van der Waals surface area (Å²) in [6.07, 6.45) is 2.59. The summed E-state index contributed by atoms with van der Waals surface area (Å²) in [4.78, 5) is 13.7. The first-order valence-electron chi connectivity index (χ1n) is 5.75. The van der Waals surface area contributed by atoms with Crippen molar-refractivity contribution in [3.05, 3.63) is 0 Å². The van der Waals surface area contributed by atoms with Crippen molar-refractivity contribution in [1.82, 2.24) is 4.90 Å². The van der Waals surface area contributed by atoms with Gasteiger partial charge >= 0.3 is 0 Å². The molecule has 2 atom stereocenters. The number of amides is 1. The second kappa shape index (κ2) is 6.83. The highest BCUT2D eigenvalue weighted by Crippen LogP contribution is 2.13. The highest BCUT2D eigenvalue weighted by atomic mass is 16.5. The molecule has 2 N–H and O–H groups in total. The van der Waals surface area contributed by atoms with Crippen molar-refractivity contribution in [1.29, 1.82) is 0 Å². The Balaban J connectivity index is 2.28. The van der Waals surface area contributed by atoms with Crippen molar-refractivity contribution in [3.63, 3.8) is 0 Å². The van der Waals surface area contributed by atoms with E-state index in [9.17, 15) is 4.79 Å². The number of carbonyl (C=O) groups excluding carboxylic acids is 1. The Morgan fingerprint density at radius 2 is 2.31 bits per heavy atom. The maximum absolute atomic E-state index is 11.9. The van der Waals surface area contributed by atoms with E-state index in [4.69, 9.17) is 15.2 Å². The van der Waals surface area contributed by atoms with Gasteiger partial charge in [0.05, 0.1) is 12.1 Å². The molecule has 5 heteroatoms. The maximum atomic E-state index is 11.9. The third kappa shape index (κ3) is 3.73. The van der Waals surface area contributed by atoms with E-state index in [1.807, 2.05) is 0 Å². The number of carbonyl (C=O) groups is 1. The number of hydrogen-bond acceptors (Lipinski definition) is 4. The Morgan fingerprint density at radius 1 is 1.56 bits per heavy atom. The number of ether oxygens (including phenoxy) is 2. The van der Waals surface area contributed by atoms with Gasteiger partial charge in [0, 0.05) is 33.9 Å². The Bertz CT molecular complexity index is 223. The predicted molar refractivity (Wildman–Crippen MR) is 61.1 cm³/mol. The van der Waals surface area contributed by atoms with Crippen LogP contribution in [0, 0.1) is 0 Å². The number of likely N-dealkylation sites (tertiary alicyclic amines) is 1. The first-order valence-corrected chi connectivity index (χ1v) is 5.75. The predicted octanol–water partition coefficient (Wildman–Crippen LogP) is -0.0124. The zero-order chi connectivity index (χ0) is 12.0. The van der Waals surface area contributed by atoms with Gasteiger partial charge in [-0.15, -0.1) is 0 Å². The van der Waals surface area contributed by atoms with Crippen LogP contribution < -0.4 is 5.73 Å². The molecule has 0 radical (unpaired) electrons. The van der Waals surface area contributed by atoms with Gasteiger partial charge in [0.15, 0.2) is 0 Å². The van der Waals surface area contributed by atoms with Crippen LogP contribution in [0.1, 0.15) is 19.3 Å². The van der Waals surface area contributed by atoms with E-state index in [0.29, 0.717) is 19.6 Å². The van der Waals surface area contributed by atoms with Gasteiger partial charge in [-0.25, -0.2) is 0 Å². The highest BCUT2D eigenvalue weighted by Gasteiger charge is 2.28. The fraction of sp³-hybridized carbons (Fsp3) is 0.909. The van der Waals surface area contributed by atoms with Gasteiger partial charge in [-0.05, 0) is 19.3 Å². The number of nitrogens with two attached hydrogens (primary N) is 1. The van der Waals surface area contributed by atoms with Crippen molar-refractivity contribution >= 4 is 5.91 Å². The van der Waals surface area contributed by atoms with Crippen LogP contribution in [0.4, 0.5) is 0 Å². The summed E-state index contributed by atoms with van der Waals surface area (Å²) in [5.41, 5.74) is 5.84. The Labute approximate surface area is 96.9 Å². The molecule has 1 rings (SSSR count). The third-order valence-corrected chi connectivity index (χ3v) is 2.97. The summed E-state index contributed by atoms with van der Waals surface area (Å²) in [7, 11) is 3.33. The SMILES string of the molecule is COCCCC(N)C(=O)N1CCC(OC)C1. The minimum Gasteiger partial charge on any atom is -0.385 e. The molecule has 1 amide bonds. The molecule has 0 spiro atoms. The molecule has 1 aliphatic rings. The number of rotatable bonds is 6. The first kappa shape index (κ1) is 13.4. The van der Waals surface area contributed by atoms with Crippen molar-refractivity contribution in [2.24, 2.45) is 5.73 Å². The largest absolute Gasteiger partial charge is 0.385 e. The molecule has 16 heavy (non-hydrogen) atoms. The molecule has 5 nitrogen and oxygen atoms in total. The van der Waals surface area contributed by atoms with E-state index < -0.39 is 6.04 Å². The normalized spacial score (nSPS) is 22.4. The molecule has 0 aromatic carbocycles. The molecule has 1 heterocycles. The minimum atomic E-state index is -0.397. The Morgan fingerprint density at radius 3 is 2.88 bits per heavy atom. The lowest BCUT2D eigenvalue weighted by molar-refractivity contribution is -0.132. The van der Waals surface area contributed by atoms with E-state index in [2.05, 4.69) is 0 Å². The van der Waals surface area contributed by atoms with Crippen molar-refractivity contribution in [2.75, 3.05) is 33.9 Å². The molecule has 1 saturated heterocycles. The van der Waals surface area contributed by atoms with E-state index in [-0.39, 0.29) is 12.0 Å². The quantitative estimate of drug-likeness (QED) is 0.652. The van der Waals surface area contributed by atoms with Gasteiger partial charge in [0.1, 0.15) is 0 Å². The van der Waals surface area contributed by atoms with Gasteiger partial charge in [0.2, 0.25) is 5.91 Å². The van der Waals surface area contributed by atoms with Gasteiger partial charge in [0.25, 0.3) is 0 Å². The molecule has 0 aromatic rings. The molecule has 94 valence electrons. The van der Waals surface area contributed by atoms with Gasteiger partial charge in [-0.3, -0.25) is 4.79 Å². The van der Waals surface area contributed by atoms with Crippen LogP contribution in [0.5, 0.6) is 0 Å². The second-order valence-electron chi connectivity index (χ2n) is 4.17. The lowest BCUT2D eigenvalue weighted by Crippen LogP contribution is -2.43. The minimum absolute atomic E-state index is 0.0376. The van der Waals surface area contributed by atoms with E-state index in [0.717, 1.165) is 19.4 Å². The average molecular weight is 230 g/mol. The highest BCUT2D eigenvalue weighted by molar-refractivity contribution is 5.81. The van der Waals surface area contributed by atoms with Crippen molar-refractivity contribution in [3.8, 4) is 0 Å². The zero-order valence-electron chi connectivity index (χ0n) is 10.1. The molecular weight excluding hydrogens is 208 g/mol. The molecule has 2 unspecified atom stereocenters. The van der Waals surface area contributed by atoms with Crippen LogP contribution in [-0.4, -0.2) is 56.9 Å². The first-order chi connectivity index (χ1) is 7.69. The molecule has 0 saturated carbocycles. The van der Waals surface area contributed by atoms with Crippen molar-refractivity contribution < 1.29 is 14.3 Å². The van der Waals surface area contributed by atoms with E-state index in [1.165, 1.54) is 0 Å². The average Bonchev–Trinajstić information content (AvgIpc) is 2.76. The Hall–Kier alpha value is -0.650. The Kier molecular flexibility index (Phi) is 5.73. The maximum Gasteiger partial charge on any atom is 0.239 e. The third-order valence-electron chi connectivity index (χ3n) is 2.97. The number of methoxy groups -OCH3 is 2. The molecule has 1 aliphatic heterocycles. The smallest absolute Gasteiger partial charge is 0.239 e. The summed E-state index contributed by atoms with van der Waals surface area (Å²) in [5.74, 6) is 0.0376. The van der Waals surface area contributed by atoms with Crippen LogP contribution >= 0.6 is 0 Å². The van der Waals surface area contributed by atoms with E-state index in [1.54, 1.807) is 19.1 Å². The summed E-state index contributed by atoms with van der Waals surface area (Å²) in [6, 6.07) is -0.397. The number of nitrogens with zero attached hydrogens (tertiary/aromatic N) is 1. The van der Waals surface area contributed by atoms with Crippen LogP contribution in [0.3, 0.4) is 0 Å².